The topological polar surface area (TPSA) is 85.3 Å². The molecular weight excluding hydrogens is 384 g/mol. The number of fused-ring (bicyclic) bond motifs is 4. The van der Waals surface area contributed by atoms with Crippen molar-refractivity contribution in [2.45, 2.75) is 32.1 Å². The zero-order chi connectivity index (χ0) is 20.0. The van der Waals surface area contributed by atoms with E-state index in [2.05, 4.69) is 5.32 Å². The highest BCUT2D eigenvalue weighted by molar-refractivity contribution is 7.17. The van der Waals surface area contributed by atoms with Gasteiger partial charge in [-0.25, -0.2) is 0 Å². The fraction of sp³-hybridized carbons (Fsp3) is 0.217. The van der Waals surface area contributed by atoms with E-state index >= 15 is 0 Å². The predicted molar refractivity (Wildman–Crippen MR) is 116 cm³/mol. The summed E-state index contributed by atoms with van der Waals surface area (Å²) in [6.45, 7) is 0. The first-order valence-electron chi connectivity index (χ1n) is 9.74. The van der Waals surface area contributed by atoms with E-state index in [9.17, 15) is 9.59 Å². The maximum absolute atomic E-state index is 12.8. The lowest BCUT2D eigenvalue weighted by Crippen LogP contribution is -2.19. The number of primary amides is 1. The fourth-order valence-electron chi connectivity index (χ4n) is 4.26. The molecule has 0 bridgehead atoms. The van der Waals surface area contributed by atoms with Crippen LogP contribution in [0.2, 0.25) is 0 Å². The Bertz CT molecular complexity index is 1270. The van der Waals surface area contributed by atoms with Gasteiger partial charge < -0.3 is 15.5 Å². The minimum Gasteiger partial charge on any atom is -0.464 e. The van der Waals surface area contributed by atoms with Gasteiger partial charge in [0.15, 0.2) is 0 Å². The zero-order valence-corrected chi connectivity index (χ0v) is 16.6. The number of carbonyl (C=O) groups excluding carboxylic acids is 2. The SMILES string of the molecule is NC(=O)c1c(NC(=O)Cc2coc3ccc4ccccc4c23)sc2c1CCCC2. The number of anilines is 1. The van der Waals surface area contributed by atoms with E-state index in [0.717, 1.165) is 58.6 Å². The number of nitrogens with two attached hydrogens (primary N) is 1. The maximum Gasteiger partial charge on any atom is 0.251 e. The second-order valence-corrected chi connectivity index (χ2v) is 8.53. The molecule has 2 heterocycles. The van der Waals surface area contributed by atoms with Crippen molar-refractivity contribution in [3.05, 3.63) is 64.2 Å². The molecule has 0 atom stereocenters. The maximum atomic E-state index is 12.8. The smallest absolute Gasteiger partial charge is 0.251 e. The quantitative estimate of drug-likeness (QED) is 0.512. The van der Waals surface area contributed by atoms with Gasteiger partial charge in [0.05, 0.1) is 18.2 Å². The average molecular weight is 404 g/mol. The summed E-state index contributed by atoms with van der Waals surface area (Å²) in [5, 5.41) is 6.63. The standard InChI is InChI=1S/C23H20N2O3S/c24-22(27)21-16-7-3-4-8-18(16)29-23(21)25-19(26)11-14-12-28-17-10-9-13-5-1-2-6-15(13)20(14)17/h1-2,5-6,9-10,12H,3-4,7-8,11H2,(H2,24,27)(H,25,26). The van der Waals surface area contributed by atoms with E-state index in [1.54, 1.807) is 6.26 Å². The fourth-order valence-corrected chi connectivity index (χ4v) is 5.57. The monoisotopic (exact) mass is 404 g/mol. The molecule has 0 radical (unpaired) electrons. The Labute approximate surface area is 171 Å². The van der Waals surface area contributed by atoms with E-state index in [-0.39, 0.29) is 12.3 Å². The zero-order valence-electron chi connectivity index (χ0n) is 15.8. The Hall–Kier alpha value is -3.12. The molecule has 0 fully saturated rings. The van der Waals surface area contributed by atoms with Gasteiger partial charge in [-0.1, -0.05) is 30.3 Å². The highest BCUT2D eigenvalue weighted by atomic mass is 32.1. The van der Waals surface area contributed by atoms with Crippen LogP contribution >= 0.6 is 11.3 Å². The van der Waals surface area contributed by atoms with E-state index in [1.165, 1.54) is 16.2 Å². The molecule has 2 aromatic heterocycles. The van der Waals surface area contributed by atoms with Gasteiger partial charge in [0.2, 0.25) is 5.91 Å². The number of rotatable bonds is 4. The largest absolute Gasteiger partial charge is 0.464 e. The van der Waals surface area contributed by atoms with Gasteiger partial charge in [0.25, 0.3) is 5.91 Å². The number of thiophene rings is 1. The summed E-state index contributed by atoms with van der Waals surface area (Å²) < 4.78 is 5.68. The van der Waals surface area contributed by atoms with Crippen molar-refractivity contribution in [3.8, 4) is 0 Å². The van der Waals surface area contributed by atoms with Gasteiger partial charge in [0, 0.05) is 15.8 Å². The molecule has 0 saturated heterocycles. The molecular formula is C23H20N2O3S. The van der Waals surface area contributed by atoms with Crippen molar-refractivity contribution in [1.29, 1.82) is 0 Å². The molecule has 29 heavy (non-hydrogen) atoms. The number of benzene rings is 2. The number of furan rings is 1. The van der Waals surface area contributed by atoms with Crippen molar-refractivity contribution < 1.29 is 14.0 Å². The summed E-state index contributed by atoms with van der Waals surface area (Å²) in [6.07, 6.45) is 5.75. The van der Waals surface area contributed by atoms with Crippen molar-refractivity contribution >= 4 is 49.9 Å². The van der Waals surface area contributed by atoms with Crippen LogP contribution in [-0.4, -0.2) is 11.8 Å². The molecule has 1 aliphatic carbocycles. The predicted octanol–water partition coefficient (Wildman–Crippen LogP) is 4.81. The lowest BCUT2D eigenvalue weighted by molar-refractivity contribution is -0.115. The number of amides is 2. The molecule has 0 aliphatic heterocycles. The Morgan fingerprint density at radius 1 is 1.10 bits per heavy atom. The minimum absolute atomic E-state index is 0.168. The van der Waals surface area contributed by atoms with E-state index < -0.39 is 5.91 Å². The molecule has 5 rings (SSSR count). The molecule has 5 nitrogen and oxygen atoms in total. The Balaban J connectivity index is 1.47. The van der Waals surface area contributed by atoms with Gasteiger partial charge in [-0.05, 0) is 48.1 Å². The highest BCUT2D eigenvalue weighted by Crippen LogP contribution is 2.38. The van der Waals surface area contributed by atoms with Crippen LogP contribution in [-0.2, 0) is 24.1 Å². The molecule has 2 aromatic carbocycles. The first-order chi connectivity index (χ1) is 14.1. The molecule has 3 N–H and O–H groups in total. The first kappa shape index (κ1) is 17.9. The van der Waals surface area contributed by atoms with Gasteiger partial charge in [-0.15, -0.1) is 11.3 Å². The molecule has 6 heteroatoms. The summed E-state index contributed by atoms with van der Waals surface area (Å²) in [5.74, 6) is -0.652. The van der Waals surface area contributed by atoms with Gasteiger partial charge in [0.1, 0.15) is 10.6 Å². The van der Waals surface area contributed by atoms with Crippen molar-refractivity contribution in [2.24, 2.45) is 5.73 Å². The molecule has 0 unspecified atom stereocenters. The van der Waals surface area contributed by atoms with Crippen LogP contribution in [0.25, 0.3) is 21.7 Å². The molecule has 0 spiro atoms. The van der Waals surface area contributed by atoms with Crippen LogP contribution in [0.5, 0.6) is 0 Å². The third-order valence-corrected chi connectivity index (χ3v) is 6.77. The van der Waals surface area contributed by atoms with Crippen molar-refractivity contribution in [1.82, 2.24) is 0 Å². The number of hydrogen-bond donors (Lipinski definition) is 2. The second kappa shape index (κ2) is 7.04. The summed E-state index contributed by atoms with van der Waals surface area (Å²) >= 11 is 1.48. The van der Waals surface area contributed by atoms with E-state index in [4.69, 9.17) is 10.2 Å². The van der Waals surface area contributed by atoms with Crippen LogP contribution in [0.3, 0.4) is 0 Å². The van der Waals surface area contributed by atoms with Gasteiger partial charge >= 0.3 is 0 Å². The van der Waals surface area contributed by atoms with E-state index in [1.807, 2.05) is 36.4 Å². The van der Waals surface area contributed by atoms with Gasteiger partial charge in [-0.2, -0.15) is 0 Å². The Morgan fingerprint density at radius 2 is 1.93 bits per heavy atom. The third kappa shape index (κ3) is 3.09. The second-order valence-electron chi connectivity index (χ2n) is 7.43. The Morgan fingerprint density at radius 3 is 2.79 bits per heavy atom. The number of hydrogen-bond acceptors (Lipinski definition) is 4. The molecule has 146 valence electrons. The van der Waals surface area contributed by atoms with Crippen LogP contribution < -0.4 is 11.1 Å². The normalized spacial score (nSPS) is 13.5. The van der Waals surface area contributed by atoms with Crippen molar-refractivity contribution in [3.63, 3.8) is 0 Å². The highest BCUT2D eigenvalue weighted by Gasteiger charge is 2.25. The summed E-state index contributed by atoms with van der Waals surface area (Å²) in [4.78, 5) is 26.1. The molecule has 4 aromatic rings. The van der Waals surface area contributed by atoms with Crippen LogP contribution in [0.4, 0.5) is 5.00 Å². The number of nitrogens with one attached hydrogen (secondary N) is 1. The molecule has 1 aliphatic rings. The van der Waals surface area contributed by atoms with Crippen LogP contribution in [0.15, 0.2) is 47.1 Å². The number of aryl methyl sites for hydroxylation is 1. The molecule has 2 amide bonds. The van der Waals surface area contributed by atoms with E-state index in [0.29, 0.717) is 10.6 Å². The summed E-state index contributed by atoms with van der Waals surface area (Å²) in [6, 6.07) is 12.0. The summed E-state index contributed by atoms with van der Waals surface area (Å²) in [5.41, 5.74) is 8.73. The number of carbonyl (C=O) groups is 2. The third-order valence-electron chi connectivity index (χ3n) is 5.56. The van der Waals surface area contributed by atoms with Crippen LogP contribution in [0, 0.1) is 0 Å². The van der Waals surface area contributed by atoms with Gasteiger partial charge in [-0.3, -0.25) is 9.59 Å². The van der Waals surface area contributed by atoms with Crippen LogP contribution in [0.1, 0.15) is 39.2 Å². The Kier molecular flexibility index (Phi) is 4.36. The minimum atomic E-state index is -0.473. The average Bonchev–Trinajstić information content (AvgIpc) is 3.29. The lowest BCUT2D eigenvalue weighted by atomic mass is 9.95. The molecule has 0 saturated carbocycles. The lowest BCUT2D eigenvalue weighted by Gasteiger charge is -2.11. The van der Waals surface area contributed by atoms with Crippen molar-refractivity contribution in [2.75, 3.05) is 5.32 Å². The first-order valence-corrected chi connectivity index (χ1v) is 10.6. The summed E-state index contributed by atoms with van der Waals surface area (Å²) in [7, 11) is 0.